The van der Waals surface area contributed by atoms with Crippen LogP contribution in [0.1, 0.15) is 11.1 Å². The molecule has 2 rings (SSSR count). The van der Waals surface area contributed by atoms with E-state index in [0.29, 0.717) is 22.8 Å². The van der Waals surface area contributed by atoms with Crippen LogP contribution in [0.15, 0.2) is 24.3 Å². The smallest absolute Gasteiger partial charge is 0.203 e. The van der Waals surface area contributed by atoms with Gasteiger partial charge in [0.25, 0.3) is 0 Å². The predicted molar refractivity (Wildman–Crippen MR) is 86.5 cm³/mol. The fraction of sp³-hybridized carbons (Fsp3) is 0.176. The molecule has 0 unspecified atom stereocenters. The molecule has 6 heteroatoms. The van der Waals surface area contributed by atoms with Crippen molar-refractivity contribution in [3.8, 4) is 34.5 Å². The lowest BCUT2D eigenvalue weighted by molar-refractivity contribution is 0.324. The third-order valence-electron chi connectivity index (χ3n) is 3.30. The van der Waals surface area contributed by atoms with Crippen molar-refractivity contribution in [3.63, 3.8) is 0 Å². The number of phenols is 3. The Hall–Kier alpha value is -3.02. The van der Waals surface area contributed by atoms with Gasteiger partial charge in [-0.3, -0.25) is 0 Å². The second kappa shape index (κ2) is 6.83. The molecule has 0 aliphatic rings. The van der Waals surface area contributed by atoms with Crippen molar-refractivity contribution in [1.29, 1.82) is 0 Å². The normalized spacial score (nSPS) is 10.7. The van der Waals surface area contributed by atoms with Gasteiger partial charge >= 0.3 is 0 Å². The lowest BCUT2D eigenvalue weighted by Crippen LogP contribution is -1.95. The number of phenolic OH excluding ortho intramolecular Hbond substituents is 3. The van der Waals surface area contributed by atoms with E-state index in [1.807, 2.05) is 0 Å². The summed E-state index contributed by atoms with van der Waals surface area (Å²) in [5.74, 6) is 0.156. The molecule has 0 aromatic heterocycles. The second-order valence-electron chi connectivity index (χ2n) is 4.66. The lowest BCUT2D eigenvalue weighted by Gasteiger charge is -2.12. The van der Waals surface area contributed by atoms with Crippen molar-refractivity contribution >= 4 is 12.2 Å². The molecular formula is C17H18O6. The summed E-state index contributed by atoms with van der Waals surface area (Å²) in [5, 5.41) is 28.7. The molecule has 0 fully saturated rings. The van der Waals surface area contributed by atoms with Crippen LogP contribution in [0.4, 0.5) is 0 Å². The predicted octanol–water partition coefficient (Wildman–Crippen LogP) is 3.00. The zero-order valence-corrected chi connectivity index (χ0v) is 13.0. The SMILES string of the molecule is COc1cc(/C=C\c2ccc(O)c(O)c2O)cc(OC)c1OC. The maximum Gasteiger partial charge on any atom is 0.203 e. The lowest BCUT2D eigenvalue weighted by atomic mass is 10.1. The van der Waals surface area contributed by atoms with Crippen LogP contribution in [0.2, 0.25) is 0 Å². The summed E-state index contributed by atoms with van der Waals surface area (Å²) in [6.45, 7) is 0. The zero-order valence-electron chi connectivity index (χ0n) is 13.0. The summed E-state index contributed by atoms with van der Waals surface area (Å²) in [6, 6.07) is 6.27. The van der Waals surface area contributed by atoms with Crippen LogP contribution in [0.25, 0.3) is 12.2 Å². The first-order valence-electron chi connectivity index (χ1n) is 6.73. The first-order valence-corrected chi connectivity index (χ1v) is 6.73. The van der Waals surface area contributed by atoms with Gasteiger partial charge in [-0.05, 0) is 29.8 Å². The molecule has 0 saturated carbocycles. The molecule has 2 aromatic carbocycles. The molecule has 0 amide bonds. The topological polar surface area (TPSA) is 88.4 Å². The number of methoxy groups -OCH3 is 3. The van der Waals surface area contributed by atoms with Gasteiger partial charge in [-0.1, -0.05) is 12.2 Å². The van der Waals surface area contributed by atoms with Gasteiger partial charge in [0, 0.05) is 5.56 Å². The highest BCUT2D eigenvalue weighted by molar-refractivity contribution is 5.76. The number of hydrogen-bond donors (Lipinski definition) is 3. The molecule has 2 aromatic rings. The fourth-order valence-corrected chi connectivity index (χ4v) is 2.10. The van der Waals surface area contributed by atoms with E-state index >= 15 is 0 Å². The van der Waals surface area contributed by atoms with Crippen LogP contribution >= 0.6 is 0 Å². The van der Waals surface area contributed by atoms with Crippen LogP contribution in [0, 0.1) is 0 Å². The summed E-state index contributed by atoms with van der Waals surface area (Å²) in [4.78, 5) is 0. The van der Waals surface area contributed by atoms with Crippen LogP contribution in [0.5, 0.6) is 34.5 Å². The van der Waals surface area contributed by atoms with E-state index in [1.54, 1.807) is 24.3 Å². The van der Waals surface area contributed by atoms with Crippen LogP contribution < -0.4 is 14.2 Å². The van der Waals surface area contributed by atoms with E-state index in [2.05, 4.69) is 0 Å². The molecular weight excluding hydrogens is 300 g/mol. The molecule has 0 aliphatic heterocycles. The molecule has 0 saturated heterocycles. The average Bonchev–Trinajstić information content (AvgIpc) is 2.57. The molecule has 0 heterocycles. The Balaban J connectivity index is 2.42. The van der Waals surface area contributed by atoms with E-state index in [-0.39, 0.29) is 5.75 Å². The van der Waals surface area contributed by atoms with Crippen molar-refractivity contribution in [2.24, 2.45) is 0 Å². The largest absolute Gasteiger partial charge is 0.504 e. The number of rotatable bonds is 5. The summed E-state index contributed by atoms with van der Waals surface area (Å²) in [7, 11) is 4.57. The van der Waals surface area contributed by atoms with Crippen molar-refractivity contribution < 1.29 is 29.5 Å². The first kappa shape index (κ1) is 16.4. The highest BCUT2D eigenvalue weighted by Gasteiger charge is 2.12. The third-order valence-corrected chi connectivity index (χ3v) is 3.30. The number of aromatic hydroxyl groups is 3. The van der Waals surface area contributed by atoms with Gasteiger partial charge in [0.15, 0.2) is 23.0 Å². The van der Waals surface area contributed by atoms with Gasteiger partial charge in [0.2, 0.25) is 11.5 Å². The van der Waals surface area contributed by atoms with E-state index in [1.165, 1.54) is 33.5 Å². The van der Waals surface area contributed by atoms with Gasteiger partial charge in [-0.25, -0.2) is 0 Å². The van der Waals surface area contributed by atoms with Gasteiger partial charge in [-0.2, -0.15) is 0 Å². The van der Waals surface area contributed by atoms with Crippen molar-refractivity contribution in [2.45, 2.75) is 0 Å². The highest BCUT2D eigenvalue weighted by Crippen LogP contribution is 2.40. The monoisotopic (exact) mass is 318 g/mol. The van der Waals surface area contributed by atoms with E-state index < -0.39 is 11.5 Å². The first-order chi connectivity index (χ1) is 11.0. The fourth-order valence-electron chi connectivity index (χ4n) is 2.10. The van der Waals surface area contributed by atoms with Gasteiger partial charge in [-0.15, -0.1) is 0 Å². The highest BCUT2D eigenvalue weighted by atomic mass is 16.5. The van der Waals surface area contributed by atoms with E-state index in [0.717, 1.165) is 5.56 Å². The van der Waals surface area contributed by atoms with Crippen molar-refractivity contribution in [2.75, 3.05) is 21.3 Å². The number of benzene rings is 2. The van der Waals surface area contributed by atoms with Crippen LogP contribution in [-0.2, 0) is 0 Å². The van der Waals surface area contributed by atoms with Crippen molar-refractivity contribution in [3.05, 3.63) is 35.4 Å². The van der Waals surface area contributed by atoms with Crippen LogP contribution in [0.3, 0.4) is 0 Å². The summed E-state index contributed by atoms with van der Waals surface area (Å²) < 4.78 is 15.8. The molecule has 0 radical (unpaired) electrons. The molecule has 0 bridgehead atoms. The van der Waals surface area contributed by atoms with Crippen LogP contribution in [-0.4, -0.2) is 36.6 Å². The summed E-state index contributed by atoms with van der Waals surface area (Å²) in [5.41, 5.74) is 1.10. The molecule has 0 spiro atoms. The minimum atomic E-state index is -0.558. The van der Waals surface area contributed by atoms with Gasteiger partial charge in [0.05, 0.1) is 21.3 Å². The summed E-state index contributed by atoms with van der Waals surface area (Å²) >= 11 is 0. The molecule has 6 nitrogen and oxygen atoms in total. The maximum absolute atomic E-state index is 9.81. The molecule has 23 heavy (non-hydrogen) atoms. The Bertz CT molecular complexity index is 711. The third kappa shape index (κ3) is 3.26. The zero-order chi connectivity index (χ0) is 17.0. The molecule has 0 aliphatic carbocycles. The van der Waals surface area contributed by atoms with Crippen molar-refractivity contribution in [1.82, 2.24) is 0 Å². The Morgan fingerprint density at radius 1 is 0.783 bits per heavy atom. The minimum absolute atomic E-state index is 0.356. The Labute approximate surface area is 133 Å². The van der Waals surface area contributed by atoms with Gasteiger partial charge < -0.3 is 29.5 Å². The Morgan fingerprint density at radius 3 is 1.91 bits per heavy atom. The molecule has 3 N–H and O–H groups in total. The van der Waals surface area contributed by atoms with Gasteiger partial charge in [0.1, 0.15) is 0 Å². The van der Waals surface area contributed by atoms with E-state index in [4.69, 9.17) is 14.2 Å². The standard InChI is InChI=1S/C17H18O6/c1-21-13-8-10(9-14(22-2)17(13)23-3)4-5-11-6-7-12(18)16(20)15(11)19/h4-9,18-20H,1-3H3/b5-4-. The molecule has 122 valence electrons. The Kier molecular flexibility index (Phi) is 4.85. The summed E-state index contributed by atoms with van der Waals surface area (Å²) in [6.07, 6.45) is 3.30. The molecule has 0 atom stereocenters. The number of hydrogen-bond acceptors (Lipinski definition) is 6. The average molecular weight is 318 g/mol. The number of ether oxygens (including phenoxy) is 3. The maximum atomic E-state index is 9.81. The second-order valence-corrected chi connectivity index (χ2v) is 4.66. The minimum Gasteiger partial charge on any atom is -0.504 e. The Morgan fingerprint density at radius 2 is 1.39 bits per heavy atom. The van der Waals surface area contributed by atoms with E-state index in [9.17, 15) is 15.3 Å². The quantitative estimate of drug-likeness (QED) is 0.580.